The third-order valence-electron chi connectivity index (χ3n) is 6.64. The third kappa shape index (κ3) is 3.23. The largest absolute Gasteiger partial charge is 0.340 e. The summed E-state index contributed by atoms with van der Waals surface area (Å²) in [5, 5.41) is 0. The van der Waals surface area contributed by atoms with Crippen LogP contribution >= 0.6 is 0 Å². The lowest BCUT2D eigenvalue weighted by molar-refractivity contribution is -0.133. The van der Waals surface area contributed by atoms with Gasteiger partial charge in [-0.3, -0.25) is 9.59 Å². The van der Waals surface area contributed by atoms with Gasteiger partial charge in [0.15, 0.2) is 0 Å². The summed E-state index contributed by atoms with van der Waals surface area (Å²) < 4.78 is 0. The summed E-state index contributed by atoms with van der Waals surface area (Å²) in [6, 6.07) is 13.9. The van der Waals surface area contributed by atoms with E-state index in [9.17, 15) is 9.59 Å². The second kappa shape index (κ2) is 7.30. The number of amides is 2. The number of likely N-dealkylation sites (N-methyl/N-ethyl adjacent to an activating group) is 1. The molecular weight excluding hydrogens is 362 g/mol. The maximum Gasteiger partial charge on any atom is 0.259 e. The fourth-order valence-electron chi connectivity index (χ4n) is 4.95. The average Bonchev–Trinajstić information content (AvgIpc) is 3.30. The van der Waals surface area contributed by atoms with Gasteiger partial charge in [-0.1, -0.05) is 24.3 Å². The summed E-state index contributed by atoms with van der Waals surface area (Å²) in [7, 11) is 2.09. The van der Waals surface area contributed by atoms with Crippen molar-refractivity contribution in [3.63, 3.8) is 0 Å². The fraction of sp³-hybridized carbons (Fsp3) is 0.417. The molecule has 0 unspecified atom stereocenters. The summed E-state index contributed by atoms with van der Waals surface area (Å²) in [5.74, 6) is 0.169. The number of hydrogen-bond acceptors (Lipinski definition) is 3. The smallest absolute Gasteiger partial charge is 0.259 e. The monoisotopic (exact) mass is 389 g/mol. The fourth-order valence-corrected chi connectivity index (χ4v) is 4.95. The Balaban J connectivity index is 1.50. The zero-order valence-corrected chi connectivity index (χ0v) is 16.9. The molecule has 0 N–H and O–H groups in total. The van der Waals surface area contributed by atoms with Gasteiger partial charge in [-0.25, -0.2) is 0 Å². The molecule has 2 amide bonds. The van der Waals surface area contributed by atoms with Gasteiger partial charge in [-0.15, -0.1) is 0 Å². The zero-order valence-electron chi connectivity index (χ0n) is 16.9. The molecular formula is C24H27N3O2. The minimum absolute atomic E-state index is 0.0251. The van der Waals surface area contributed by atoms with Crippen molar-refractivity contribution in [2.75, 3.05) is 38.1 Å². The number of benzene rings is 2. The van der Waals surface area contributed by atoms with E-state index in [1.807, 2.05) is 40.1 Å². The van der Waals surface area contributed by atoms with Crippen molar-refractivity contribution in [2.24, 2.45) is 0 Å². The summed E-state index contributed by atoms with van der Waals surface area (Å²) in [6.07, 6.45) is 3.61. The number of piperazine rings is 1. The lowest BCUT2D eigenvalue weighted by atomic mass is 9.96. The Bertz CT molecular complexity index is 948. The Morgan fingerprint density at radius 3 is 2.41 bits per heavy atom. The van der Waals surface area contributed by atoms with Crippen LogP contribution in [0.2, 0.25) is 0 Å². The third-order valence-corrected chi connectivity index (χ3v) is 6.64. The van der Waals surface area contributed by atoms with Gasteiger partial charge in [-0.2, -0.15) is 0 Å². The van der Waals surface area contributed by atoms with Gasteiger partial charge >= 0.3 is 0 Å². The Morgan fingerprint density at radius 2 is 1.69 bits per heavy atom. The Kier molecular flexibility index (Phi) is 4.63. The Morgan fingerprint density at radius 1 is 1.00 bits per heavy atom. The number of fused-ring (bicyclic) bond motifs is 2. The number of nitrogens with zero attached hydrogens (tertiary/aromatic N) is 3. The standard InChI is InChI=1S/C24H27N3O2/c1-25-10-12-26(13-11-25)23(28)16-22-20-14-17-6-5-7-18(17)15-21(20)24(29)27(22)19-8-3-2-4-9-19/h2-4,8-9,14-15,22H,5-7,10-13,16H2,1H3/t22-/m1/s1. The highest BCUT2D eigenvalue weighted by Crippen LogP contribution is 2.42. The molecule has 0 aromatic heterocycles. The van der Waals surface area contributed by atoms with Crippen LogP contribution in [-0.2, 0) is 17.6 Å². The number of rotatable bonds is 3. The maximum atomic E-state index is 13.4. The molecule has 0 spiro atoms. The van der Waals surface area contributed by atoms with Crippen molar-refractivity contribution in [1.29, 1.82) is 0 Å². The first-order chi connectivity index (χ1) is 14.1. The molecule has 5 nitrogen and oxygen atoms in total. The Hall–Kier alpha value is -2.66. The number of para-hydroxylation sites is 1. The van der Waals surface area contributed by atoms with Crippen molar-refractivity contribution >= 4 is 17.5 Å². The molecule has 2 heterocycles. The Labute approximate surface area is 171 Å². The van der Waals surface area contributed by atoms with E-state index in [4.69, 9.17) is 0 Å². The molecule has 2 aromatic rings. The highest BCUT2D eigenvalue weighted by atomic mass is 16.2. The second-order valence-corrected chi connectivity index (χ2v) is 8.48. The number of aryl methyl sites for hydroxylation is 2. The normalized spacial score (nSPS) is 21.4. The number of hydrogen-bond donors (Lipinski definition) is 0. The van der Waals surface area contributed by atoms with E-state index in [0.717, 1.165) is 62.3 Å². The van der Waals surface area contributed by atoms with Gasteiger partial charge in [0.25, 0.3) is 5.91 Å². The van der Waals surface area contributed by atoms with Crippen LogP contribution in [0.25, 0.3) is 0 Å². The predicted molar refractivity (Wildman–Crippen MR) is 113 cm³/mol. The van der Waals surface area contributed by atoms with Crippen LogP contribution in [0.1, 0.15) is 45.9 Å². The van der Waals surface area contributed by atoms with Crippen LogP contribution in [0.15, 0.2) is 42.5 Å². The molecule has 0 saturated carbocycles. The van der Waals surface area contributed by atoms with Crippen molar-refractivity contribution in [3.8, 4) is 0 Å². The summed E-state index contributed by atoms with van der Waals surface area (Å²) >= 11 is 0. The van der Waals surface area contributed by atoms with E-state index < -0.39 is 0 Å². The van der Waals surface area contributed by atoms with E-state index >= 15 is 0 Å². The van der Waals surface area contributed by atoms with Crippen molar-refractivity contribution in [3.05, 3.63) is 64.7 Å². The number of carbonyl (C=O) groups excluding carboxylic acids is 2. The lowest BCUT2D eigenvalue weighted by Gasteiger charge is -2.34. The SMILES string of the molecule is CN1CCN(C(=O)C[C@@H]2c3cc4c(cc3C(=O)N2c2ccccc2)CCC4)CC1. The van der Waals surface area contributed by atoms with E-state index in [1.165, 1.54) is 11.1 Å². The second-order valence-electron chi connectivity index (χ2n) is 8.48. The number of carbonyl (C=O) groups is 2. The number of anilines is 1. The molecule has 2 aliphatic heterocycles. The van der Waals surface area contributed by atoms with Gasteiger partial charge in [-0.05, 0) is 61.2 Å². The maximum absolute atomic E-state index is 13.4. The molecule has 3 aliphatic rings. The van der Waals surface area contributed by atoms with Gasteiger partial charge in [0.1, 0.15) is 0 Å². The minimum atomic E-state index is -0.224. The van der Waals surface area contributed by atoms with E-state index in [1.54, 1.807) is 0 Å². The topological polar surface area (TPSA) is 43.9 Å². The van der Waals surface area contributed by atoms with Crippen LogP contribution in [0.4, 0.5) is 5.69 Å². The van der Waals surface area contributed by atoms with Crippen LogP contribution in [0.3, 0.4) is 0 Å². The predicted octanol–water partition coefficient (Wildman–Crippen LogP) is 3.04. The van der Waals surface area contributed by atoms with Crippen LogP contribution in [0.5, 0.6) is 0 Å². The average molecular weight is 389 g/mol. The van der Waals surface area contributed by atoms with E-state index in [2.05, 4.69) is 24.1 Å². The molecule has 5 rings (SSSR count). The van der Waals surface area contributed by atoms with Crippen LogP contribution in [0, 0.1) is 0 Å². The minimum Gasteiger partial charge on any atom is -0.340 e. The van der Waals surface area contributed by atoms with Crippen molar-refractivity contribution in [1.82, 2.24) is 9.80 Å². The van der Waals surface area contributed by atoms with Crippen LogP contribution in [-0.4, -0.2) is 54.8 Å². The van der Waals surface area contributed by atoms with Crippen molar-refractivity contribution in [2.45, 2.75) is 31.7 Å². The quantitative estimate of drug-likeness (QED) is 0.811. The van der Waals surface area contributed by atoms with Crippen molar-refractivity contribution < 1.29 is 9.59 Å². The summed E-state index contributed by atoms with van der Waals surface area (Å²) in [4.78, 5) is 32.6. The van der Waals surface area contributed by atoms with Gasteiger partial charge in [0.2, 0.25) is 5.91 Å². The van der Waals surface area contributed by atoms with E-state index in [0.29, 0.717) is 6.42 Å². The molecule has 0 radical (unpaired) electrons. The summed E-state index contributed by atoms with van der Waals surface area (Å²) in [5.41, 5.74) is 5.33. The lowest BCUT2D eigenvalue weighted by Crippen LogP contribution is -2.47. The highest BCUT2D eigenvalue weighted by molar-refractivity contribution is 6.11. The summed E-state index contributed by atoms with van der Waals surface area (Å²) in [6.45, 7) is 3.33. The van der Waals surface area contributed by atoms with E-state index in [-0.39, 0.29) is 17.9 Å². The van der Waals surface area contributed by atoms with Crippen LogP contribution < -0.4 is 4.90 Å². The van der Waals surface area contributed by atoms with Gasteiger partial charge in [0.05, 0.1) is 12.5 Å². The van der Waals surface area contributed by atoms with Gasteiger partial charge < -0.3 is 14.7 Å². The molecule has 5 heteroatoms. The first-order valence-electron chi connectivity index (χ1n) is 10.6. The zero-order chi connectivity index (χ0) is 20.0. The van der Waals surface area contributed by atoms with Gasteiger partial charge in [0, 0.05) is 37.4 Å². The highest BCUT2D eigenvalue weighted by Gasteiger charge is 2.40. The molecule has 1 atom stereocenters. The molecule has 150 valence electrons. The molecule has 1 fully saturated rings. The molecule has 0 bridgehead atoms. The first-order valence-corrected chi connectivity index (χ1v) is 10.6. The molecule has 1 saturated heterocycles. The molecule has 29 heavy (non-hydrogen) atoms. The molecule has 1 aliphatic carbocycles. The molecule has 2 aromatic carbocycles. The first kappa shape index (κ1) is 18.4.